The molecule has 2 rings (SSSR count). The van der Waals surface area contributed by atoms with Gasteiger partial charge in [-0.25, -0.2) is 0 Å². The van der Waals surface area contributed by atoms with Crippen LogP contribution in [0.4, 0.5) is 0 Å². The molecule has 2 heteroatoms. The predicted octanol–water partition coefficient (Wildman–Crippen LogP) is 3.46. The van der Waals surface area contributed by atoms with E-state index < -0.39 is 0 Å². The van der Waals surface area contributed by atoms with Crippen LogP contribution in [0.5, 0.6) is 0 Å². The van der Waals surface area contributed by atoms with Crippen LogP contribution in [-0.4, -0.2) is 6.54 Å². The lowest BCUT2D eigenvalue weighted by molar-refractivity contribution is 0.630. The van der Waals surface area contributed by atoms with Crippen LogP contribution < -0.4 is 5.32 Å². The van der Waals surface area contributed by atoms with Crippen LogP contribution in [0.3, 0.4) is 0 Å². The zero-order valence-corrected chi connectivity index (χ0v) is 10.4. The van der Waals surface area contributed by atoms with E-state index in [0.717, 1.165) is 6.54 Å². The van der Waals surface area contributed by atoms with Crippen LogP contribution >= 0.6 is 11.3 Å². The lowest BCUT2D eigenvalue weighted by Gasteiger charge is -2.16. The quantitative estimate of drug-likeness (QED) is 0.768. The molecule has 0 aliphatic heterocycles. The molecule has 0 saturated heterocycles. The highest BCUT2D eigenvalue weighted by atomic mass is 32.1. The number of hydrogen-bond acceptors (Lipinski definition) is 2. The first-order valence-corrected chi connectivity index (χ1v) is 6.54. The van der Waals surface area contributed by atoms with Gasteiger partial charge in [-0.15, -0.1) is 11.3 Å². The molecule has 0 amide bonds. The van der Waals surface area contributed by atoms with Crippen molar-refractivity contribution < 1.29 is 0 Å². The molecule has 1 unspecified atom stereocenters. The highest BCUT2D eigenvalue weighted by molar-refractivity contribution is 7.12. The van der Waals surface area contributed by atoms with Gasteiger partial charge in [-0.05, 0) is 44.4 Å². The summed E-state index contributed by atoms with van der Waals surface area (Å²) >= 11 is 1.98. The van der Waals surface area contributed by atoms with Crippen LogP contribution in [0.25, 0.3) is 0 Å². The fraction of sp³-hybridized carbons (Fsp3) is 0.538. The van der Waals surface area contributed by atoms with Crippen molar-refractivity contribution in [1.82, 2.24) is 5.32 Å². The molecule has 1 heterocycles. The molecule has 0 fully saturated rings. The first-order valence-electron chi connectivity index (χ1n) is 5.72. The average Bonchev–Trinajstić information content (AvgIpc) is 2.72. The Hall–Kier alpha value is -0.600. The Morgan fingerprint density at radius 2 is 2.40 bits per heavy atom. The molecule has 0 aromatic carbocycles. The fourth-order valence-electron chi connectivity index (χ4n) is 2.22. The molecular formula is C13H19NS. The molecule has 1 aliphatic rings. The van der Waals surface area contributed by atoms with E-state index in [-0.39, 0.29) is 0 Å². The molecular weight excluding hydrogens is 202 g/mol. The molecule has 1 aliphatic carbocycles. The Bertz CT molecular complexity index is 343. The van der Waals surface area contributed by atoms with Gasteiger partial charge >= 0.3 is 0 Å². The Balaban J connectivity index is 2.22. The summed E-state index contributed by atoms with van der Waals surface area (Å²) in [6.07, 6.45) is 3.91. The monoisotopic (exact) mass is 221 g/mol. The van der Waals surface area contributed by atoms with Crippen molar-refractivity contribution in [2.24, 2.45) is 0 Å². The van der Waals surface area contributed by atoms with Crippen LogP contribution in [-0.2, 0) is 12.8 Å². The average molecular weight is 221 g/mol. The summed E-state index contributed by atoms with van der Waals surface area (Å²) < 4.78 is 0. The van der Waals surface area contributed by atoms with Gasteiger partial charge in [0, 0.05) is 9.75 Å². The van der Waals surface area contributed by atoms with Gasteiger partial charge in [-0.1, -0.05) is 19.1 Å². The zero-order chi connectivity index (χ0) is 10.8. The van der Waals surface area contributed by atoms with Crippen molar-refractivity contribution in [3.63, 3.8) is 0 Å². The first-order chi connectivity index (χ1) is 7.22. The summed E-state index contributed by atoms with van der Waals surface area (Å²) in [7, 11) is 0. The number of likely N-dealkylation sites (N-methyl/N-ethyl adjacent to an activating group) is 1. The topological polar surface area (TPSA) is 12.0 Å². The third kappa shape index (κ3) is 2.16. The number of nitrogens with one attached hydrogen (secondary N) is 1. The van der Waals surface area contributed by atoms with Crippen LogP contribution in [0.15, 0.2) is 18.2 Å². The Kier molecular flexibility index (Phi) is 3.27. The third-order valence-corrected chi connectivity index (χ3v) is 4.25. The second-order valence-corrected chi connectivity index (χ2v) is 5.46. The maximum Gasteiger partial charge on any atom is 0.0625 e. The van der Waals surface area contributed by atoms with Crippen molar-refractivity contribution in [3.05, 3.63) is 33.5 Å². The van der Waals surface area contributed by atoms with Gasteiger partial charge < -0.3 is 5.32 Å². The molecule has 1 N–H and O–H groups in total. The zero-order valence-electron chi connectivity index (χ0n) is 9.60. The van der Waals surface area contributed by atoms with Gasteiger partial charge in [0.15, 0.2) is 0 Å². The summed E-state index contributed by atoms with van der Waals surface area (Å²) in [5, 5.41) is 3.50. The Morgan fingerprint density at radius 3 is 3.00 bits per heavy atom. The minimum absolute atomic E-state index is 0.366. The van der Waals surface area contributed by atoms with E-state index >= 15 is 0 Å². The summed E-state index contributed by atoms with van der Waals surface area (Å²) in [6, 6.07) is 2.75. The van der Waals surface area contributed by atoms with Crippen molar-refractivity contribution in [1.29, 1.82) is 0 Å². The SMILES string of the molecule is C=C(C)C(NCC)c1cc2c(s1)CCC2. The highest BCUT2D eigenvalue weighted by Crippen LogP contribution is 2.35. The number of thiophene rings is 1. The molecule has 0 bridgehead atoms. The smallest absolute Gasteiger partial charge is 0.0625 e. The summed E-state index contributed by atoms with van der Waals surface area (Å²) in [5.41, 5.74) is 2.80. The normalized spacial score (nSPS) is 16.4. The standard InChI is InChI=1S/C13H19NS/c1-4-14-13(9(2)3)12-8-10-6-5-7-11(10)15-12/h8,13-14H,2,4-7H2,1,3H3. The van der Waals surface area contributed by atoms with Crippen molar-refractivity contribution in [2.75, 3.05) is 6.54 Å². The maximum atomic E-state index is 4.08. The number of fused-ring (bicyclic) bond motifs is 1. The van der Waals surface area contributed by atoms with Crippen molar-refractivity contribution in [2.45, 2.75) is 39.2 Å². The summed E-state index contributed by atoms with van der Waals surface area (Å²) in [4.78, 5) is 3.06. The van der Waals surface area contributed by atoms with Crippen LogP contribution in [0.1, 0.15) is 41.6 Å². The van der Waals surface area contributed by atoms with Gasteiger partial charge in [0.25, 0.3) is 0 Å². The van der Waals surface area contributed by atoms with Crippen LogP contribution in [0.2, 0.25) is 0 Å². The van der Waals surface area contributed by atoms with Gasteiger partial charge in [0.2, 0.25) is 0 Å². The van der Waals surface area contributed by atoms with E-state index in [1.165, 1.54) is 29.7 Å². The second kappa shape index (κ2) is 4.50. The molecule has 82 valence electrons. The van der Waals surface area contributed by atoms with Gasteiger partial charge in [-0.2, -0.15) is 0 Å². The van der Waals surface area contributed by atoms with E-state index in [1.54, 1.807) is 10.4 Å². The molecule has 0 saturated carbocycles. The maximum absolute atomic E-state index is 4.08. The second-order valence-electron chi connectivity index (χ2n) is 4.29. The number of hydrogen-bond donors (Lipinski definition) is 1. The predicted molar refractivity (Wildman–Crippen MR) is 67.6 cm³/mol. The molecule has 1 aromatic heterocycles. The van der Waals surface area contributed by atoms with Gasteiger partial charge in [0.05, 0.1) is 6.04 Å². The molecule has 0 spiro atoms. The third-order valence-electron chi connectivity index (χ3n) is 2.95. The lowest BCUT2D eigenvalue weighted by Crippen LogP contribution is -2.20. The highest BCUT2D eigenvalue weighted by Gasteiger charge is 2.19. The Morgan fingerprint density at radius 1 is 1.60 bits per heavy atom. The van der Waals surface area contributed by atoms with Crippen LogP contribution in [0, 0.1) is 0 Å². The van der Waals surface area contributed by atoms with E-state index in [0.29, 0.717) is 6.04 Å². The first kappa shape index (κ1) is 10.9. The molecule has 1 aromatic rings. The molecule has 1 atom stereocenters. The molecule has 15 heavy (non-hydrogen) atoms. The van der Waals surface area contributed by atoms with E-state index in [2.05, 4.69) is 31.8 Å². The lowest BCUT2D eigenvalue weighted by atomic mass is 10.1. The largest absolute Gasteiger partial charge is 0.306 e. The van der Waals surface area contributed by atoms with E-state index in [9.17, 15) is 0 Å². The number of aryl methyl sites for hydroxylation is 2. The van der Waals surface area contributed by atoms with Crippen molar-refractivity contribution >= 4 is 11.3 Å². The van der Waals surface area contributed by atoms with Gasteiger partial charge in [-0.3, -0.25) is 0 Å². The number of rotatable bonds is 4. The summed E-state index contributed by atoms with van der Waals surface area (Å²) in [6.45, 7) is 9.34. The van der Waals surface area contributed by atoms with Crippen molar-refractivity contribution in [3.8, 4) is 0 Å². The Labute approximate surface area is 96.2 Å². The van der Waals surface area contributed by atoms with E-state index in [4.69, 9.17) is 0 Å². The van der Waals surface area contributed by atoms with Gasteiger partial charge in [0.1, 0.15) is 0 Å². The molecule has 0 radical (unpaired) electrons. The minimum atomic E-state index is 0.366. The molecule has 1 nitrogen and oxygen atoms in total. The summed E-state index contributed by atoms with van der Waals surface area (Å²) in [5.74, 6) is 0. The minimum Gasteiger partial charge on any atom is -0.306 e. The van der Waals surface area contributed by atoms with E-state index in [1.807, 2.05) is 11.3 Å². The fourth-order valence-corrected chi connectivity index (χ4v) is 3.64.